The molecule has 1 N–H and O–H groups in total. The molecule has 0 amide bonds. The van der Waals surface area contributed by atoms with Crippen LogP contribution in [0.5, 0.6) is 0 Å². The Balaban J connectivity index is 3.11. The fourth-order valence-electron chi connectivity index (χ4n) is 1.78. The van der Waals surface area contributed by atoms with E-state index in [9.17, 15) is 20.0 Å². The first-order chi connectivity index (χ1) is 8.32. The molecule has 1 atom stereocenters. The SMILES string of the molecule is Cc1nc(C(CC(C)C)C(=O)O)ccc1[N+](=O)[O-]. The second kappa shape index (κ2) is 5.57. The Kier molecular flexibility index (Phi) is 4.36. The van der Waals surface area contributed by atoms with Crippen molar-refractivity contribution >= 4 is 11.7 Å². The number of aromatic nitrogens is 1. The molecule has 0 saturated carbocycles. The van der Waals surface area contributed by atoms with Crippen molar-refractivity contribution in [2.75, 3.05) is 0 Å². The average Bonchev–Trinajstić information content (AvgIpc) is 2.24. The van der Waals surface area contributed by atoms with Crippen LogP contribution in [-0.2, 0) is 4.79 Å². The number of hydrogen-bond donors (Lipinski definition) is 1. The van der Waals surface area contributed by atoms with Gasteiger partial charge in [0.25, 0.3) is 5.69 Å². The maximum atomic E-state index is 11.2. The summed E-state index contributed by atoms with van der Waals surface area (Å²) in [7, 11) is 0. The molecule has 18 heavy (non-hydrogen) atoms. The first-order valence-electron chi connectivity index (χ1n) is 5.67. The van der Waals surface area contributed by atoms with Gasteiger partial charge in [0.2, 0.25) is 0 Å². The first-order valence-corrected chi connectivity index (χ1v) is 5.67. The monoisotopic (exact) mass is 252 g/mol. The predicted molar refractivity (Wildman–Crippen MR) is 65.5 cm³/mol. The summed E-state index contributed by atoms with van der Waals surface area (Å²) in [6.07, 6.45) is 0.458. The molecule has 1 aromatic rings. The highest BCUT2D eigenvalue weighted by Crippen LogP contribution is 2.25. The van der Waals surface area contributed by atoms with E-state index in [4.69, 9.17) is 0 Å². The normalized spacial score (nSPS) is 12.4. The van der Waals surface area contributed by atoms with Gasteiger partial charge in [-0.2, -0.15) is 0 Å². The zero-order valence-electron chi connectivity index (χ0n) is 10.6. The highest BCUT2D eigenvalue weighted by atomic mass is 16.6. The van der Waals surface area contributed by atoms with Crippen molar-refractivity contribution in [1.82, 2.24) is 4.98 Å². The summed E-state index contributed by atoms with van der Waals surface area (Å²) in [5.74, 6) is -1.46. The van der Waals surface area contributed by atoms with Crippen molar-refractivity contribution in [2.45, 2.75) is 33.1 Å². The fourth-order valence-corrected chi connectivity index (χ4v) is 1.78. The van der Waals surface area contributed by atoms with Gasteiger partial charge in [0.15, 0.2) is 0 Å². The topological polar surface area (TPSA) is 93.3 Å². The van der Waals surface area contributed by atoms with E-state index < -0.39 is 16.8 Å². The molecule has 6 heteroatoms. The number of pyridine rings is 1. The zero-order chi connectivity index (χ0) is 13.9. The van der Waals surface area contributed by atoms with Crippen LogP contribution in [-0.4, -0.2) is 21.0 Å². The lowest BCUT2D eigenvalue weighted by molar-refractivity contribution is -0.385. The summed E-state index contributed by atoms with van der Waals surface area (Å²) in [5, 5.41) is 19.8. The van der Waals surface area contributed by atoms with Crippen molar-refractivity contribution < 1.29 is 14.8 Å². The van der Waals surface area contributed by atoms with E-state index in [0.29, 0.717) is 12.1 Å². The van der Waals surface area contributed by atoms with E-state index >= 15 is 0 Å². The molecule has 0 radical (unpaired) electrons. The standard InChI is InChI=1S/C12H16N2O4/c1-7(2)6-9(12(15)16)10-4-5-11(14(17)18)8(3)13-10/h4-5,7,9H,6H2,1-3H3,(H,15,16). The van der Waals surface area contributed by atoms with Crippen LogP contribution in [0.3, 0.4) is 0 Å². The number of rotatable bonds is 5. The quantitative estimate of drug-likeness (QED) is 0.641. The predicted octanol–water partition coefficient (Wildman–Crippen LogP) is 2.51. The molecule has 0 aliphatic heterocycles. The fraction of sp³-hybridized carbons (Fsp3) is 0.500. The zero-order valence-corrected chi connectivity index (χ0v) is 10.6. The second-order valence-corrected chi connectivity index (χ2v) is 4.62. The number of aryl methyl sites for hydroxylation is 1. The molecule has 0 spiro atoms. The molecule has 0 fully saturated rings. The summed E-state index contributed by atoms with van der Waals surface area (Å²) in [6, 6.07) is 2.74. The van der Waals surface area contributed by atoms with Gasteiger partial charge >= 0.3 is 5.97 Å². The van der Waals surface area contributed by atoms with Gasteiger partial charge in [0, 0.05) is 6.07 Å². The van der Waals surface area contributed by atoms with Crippen LogP contribution in [0.15, 0.2) is 12.1 Å². The van der Waals surface area contributed by atoms with Crippen molar-refractivity contribution in [3.63, 3.8) is 0 Å². The third kappa shape index (κ3) is 3.26. The summed E-state index contributed by atoms with van der Waals surface area (Å²) in [5.41, 5.74) is 0.527. The summed E-state index contributed by atoms with van der Waals surface area (Å²) in [4.78, 5) is 25.4. The Bertz CT molecular complexity index is 471. The lowest BCUT2D eigenvalue weighted by atomic mass is 9.93. The summed E-state index contributed by atoms with van der Waals surface area (Å²) < 4.78 is 0. The third-order valence-corrected chi connectivity index (χ3v) is 2.64. The van der Waals surface area contributed by atoms with Crippen molar-refractivity contribution in [3.8, 4) is 0 Å². The molecule has 1 rings (SSSR count). The highest BCUT2D eigenvalue weighted by molar-refractivity contribution is 5.75. The molecule has 6 nitrogen and oxygen atoms in total. The van der Waals surface area contributed by atoms with Gasteiger partial charge in [0.1, 0.15) is 5.69 Å². The highest BCUT2D eigenvalue weighted by Gasteiger charge is 2.24. The second-order valence-electron chi connectivity index (χ2n) is 4.62. The van der Waals surface area contributed by atoms with E-state index in [1.807, 2.05) is 13.8 Å². The Labute approximate surface area is 105 Å². The number of hydrogen-bond acceptors (Lipinski definition) is 4. The van der Waals surface area contributed by atoms with Gasteiger partial charge in [-0.25, -0.2) is 0 Å². The number of carboxylic acid groups (broad SMARTS) is 1. The molecule has 0 aromatic carbocycles. The Morgan fingerprint density at radius 2 is 2.11 bits per heavy atom. The van der Waals surface area contributed by atoms with E-state index in [0.717, 1.165) is 0 Å². The lowest BCUT2D eigenvalue weighted by Crippen LogP contribution is -2.16. The number of carbonyl (C=O) groups is 1. The van der Waals surface area contributed by atoms with Crippen LogP contribution in [0.25, 0.3) is 0 Å². The van der Waals surface area contributed by atoms with E-state index in [-0.39, 0.29) is 17.3 Å². The van der Waals surface area contributed by atoms with Gasteiger partial charge in [0.05, 0.1) is 16.5 Å². The van der Waals surface area contributed by atoms with E-state index in [1.54, 1.807) is 0 Å². The van der Waals surface area contributed by atoms with Crippen LogP contribution < -0.4 is 0 Å². The first kappa shape index (κ1) is 14.1. The third-order valence-electron chi connectivity index (χ3n) is 2.64. The maximum Gasteiger partial charge on any atom is 0.312 e. The van der Waals surface area contributed by atoms with E-state index in [1.165, 1.54) is 19.1 Å². The number of aliphatic carboxylic acids is 1. The molecule has 98 valence electrons. The maximum absolute atomic E-state index is 11.2. The van der Waals surface area contributed by atoms with Crippen LogP contribution in [0.2, 0.25) is 0 Å². The minimum Gasteiger partial charge on any atom is -0.481 e. The smallest absolute Gasteiger partial charge is 0.312 e. The van der Waals surface area contributed by atoms with Crippen LogP contribution >= 0.6 is 0 Å². The molecule has 0 aliphatic rings. The van der Waals surface area contributed by atoms with Gasteiger partial charge in [-0.1, -0.05) is 13.8 Å². The average molecular weight is 252 g/mol. The van der Waals surface area contributed by atoms with Crippen molar-refractivity contribution in [1.29, 1.82) is 0 Å². The minimum atomic E-state index is -0.954. The molecule has 0 aliphatic carbocycles. The molecule has 1 unspecified atom stereocenters. The van der Waals surface area contributed by atoms with E-state index in [2.05, 4.69) is 4.98 Å². The molecule has 1 aromatic heterocycles. The summed E-state index contributed by atoms with van der Waals surface area (Å²) >= 11 is 0. The largest absolute Gasteiger partial charge is 0.481 e. The Hall–Kier alpha value is -1.98. The van der Waals surface area contributed by atoms with Crippen LogP contribution in [0.4, 0.5) is 5.69 Å². The van der Waals surface area contributed by atoms with Gasteiger partial charge in [-0.15, -0.1) is 0 Å². The Morgan fingerprint density at radius 1 is 1.50 bits per heavy atom. The number of nitro groups is 1. The van der Waals surface area contributed by atoms with Crippen LogP contribution in [0.1, 0.15) is 37.6 Å². The minimum absolute atomic E-state index is 0.0903. The van der Waals surface area contributed by atoms with Crippen LogP contribution in [0, 0.1) is 23.0 Å². The van der Waals surface area contributed by atoms with Crippen molar-refractivity contribution in [3.05, 3.63) is 33.6 Å². The summed E-state index contributed by atoms with van der Waals surface area (Å²) in [6.45, 7) is 5.36. The van der Waals surface area contributed by atoms with Crippen molar-refractivity contribution in [2.24, 2.45) is 5.92 Å². The Morgan fingerprint density at radius 3 is 2.50 bits per heavy atom. The molecule has 0 bridgehead atoms. The number of carboxylic acids is 1. The molecule has 1 heterocycles. The molecular formula is C12H16N2O4. The number of nitrogens with zero attached hydrogens (tertiary/aromatic N) is 2. The molecular weight excluding hydrogens is 236 g/mol. The van der Waals surface area contributed by atoms with Gasteiger partial charge in [-0.3, -0.25) is 19.9 Å². The van der Waals surface area contributed by atoms with Gasteiger partial charge in [-0.05, 0) is 25.3 Å². The van der Waals surface area contributed by atoms with Gasteiger partial charge < -0.3 is 5.11 Å². The molecule has 0 saturated heterocycles. The lowest BCUT2D eigenvalue weighted by Gasteiger charge is -2.14.